The maximum absolute atomic E-state index is 11.8. The molecule has 1 heterocycles. The van der Waals surface area contributed by atoms with E-state index in [1.807, 2.05) is 18.2 Å². The van der Waals surface area contributed by atoms with Crippen LogP contribution in [0, 0.1) is 10.8 Å². The van der Waals surface area contributed by atoms with Crippen LogP contribution < -0.4 is 15.6 Å². The maximum atomic E-state index is 11.8. The molecule has 8 heteroatoms. The minimum atomic E-state index is -3.97. The first kappa shape index (κ1) is 18.6. The smallest absolute Gasteiger partial charge is 0.238 e. The van der Waals surface area contributed by atoms with Gasteiger partial charge in [0, 0.05) is 5.56 Å². The predicted octanol–water partition coefficient (Wildman–Crippen LogP) is 1.88. The van der Waals surface area contributed by atoms with Gasteiger partial charge < -0.3 is 15.9 Å². The van der Waals surface area contributed by atoms with Gasteiger partial charge in [0.15, 0.2) is 0 Å². The van der Waals surface area contributed by atoms with Crippen molar-refractivity contribution in [2.24, 2.45) is 10.9 Å². The minimum Gasteiger partial charge on any atom is -0.493 e. The highest BCUT2D eigenvalue weighted by Crippen LogP contribution is 2.33. The first-order valence-electron chi connectivity index (χ1n) is 7.49. The molecule has 2 aromatic rings. The number of fused-ring (bicyclic) bond motifs is 1. The number of nitrogens with two attached hydrogens (primary N) is 2. The Morgan fingerprint density at radius 2 is 1.92 bits per heavy atom. The van der Waals surface area contributed by atoms with Gasteiger partial charge in [0.2, 0.25) is 10.0 Å². The van der Waals surface area contributed by atoms with E-state index in [4.69, 9.17) is 26.4 Å². The fourth-order valence-electron chi connectivity index (χ4n) is 2.81. The van der Waals surface area contributed by atoms with Crippen molar-refractivity contribution in [1.82, 2.24) is 0 Å². The molecule has 0 bridgehead atoms. The third-order valence-corrected chi connectivity index (χ3v) is 4.77. The molecule has 0 saturated heterocycles. The van der Waals surface area contributed by atoms with Crippen molar-refractivity contribution in [2.75, 3.05) is 6.61 Å². The van der Waals surface area contributed by atoms with Crippen molar-refractivity contribution in [3.63, 3.8) is 0 Å². The number of aryl methyl sites for hydroxylation is 1. The largest absolute Gasteiger partial charge is 0.493 e. The van der Waals surface area contributed by atoms with Crippen LogP contribution in [0.3, 0.4) is 0 Å². The summed E-state index contributed by atoms with van der Waals surface area (Å²) < 4.78 is 29.1. The quantitative estimate of drug-likeness (QED) is 0.489. The van der Waals surface area contributed by atoms with Crippen LogP contribution in [0.1, 0.15) is 17.5 Å². The molecule has 0 saturated carbocycles. The van der Waals surface area contributed by atoms with Crippen molar-refractivity contribution in [1.29, 1.82) is 10.8 Å². The van der Waals surface area contributed by atoms with Gasteiger partial charge >= 0.3 is 0 Å². The first-order valence-corrected chi connectivity index (χ1v) is 9.04. The predicted molar refractivity (Wildman–Crippen MR) is 97.9 cm³/mol. The van der Waals surface area contributed by atoms with E-state index in [0.717, 1.165) is 29.7 Å². The molecular formula is C17H20N4O3S. The van der Waals surface area contributed by atoms with Gasteiger partial charge in [0.25, 0.3) is 0 Å². The number of rotatable bonds is 3. The molecule has 1 aliphatic rings. The Bertz CT molecular complexity index is 910. The highest BCUT2D eigenvalue weighted by atomic mass is 32.2. The molecule has 0 unspecified atom stereocenters. The van der Waals surface area contributed by atoms with Gasteiger partial charge in [-0.1, -0.05) is 18.2 Å². The molecule has 0 amide bonds. The highest BCUT2D eigenvalue weighted by Gasteiger charge is 2.21. The molecule has 0 atom stereocenters. The summed E-state index contributed by atoms with van der Waals surface area (Å²) in [6.45, 7) is 3.20. The van der Waals surface area contributed by atoms with Crippen LogP contribution >= 0.6 is 0 Å². The maximum Gasteiger partial charge on any atom is 0.238 e. The van der Waals surface area contributed by atoms with E-state index in [0.29, 0.717) is 12.2 Å². The van der Waals surface area contributed by atoms with Gasteiger partial charge in [0.1, 0.15) is 11.6 Å². The fraction of sp³-hybridized carbons (Fsp3) is 0.176. The number of amidine groups is 1. The van der Waals surface area contributed by atoms with E-state index < -0.39 is 10.0 Å². The Hall–Kier alpha value is -2.71. The summed E-state index contributed by atoms with van der Waals surface area (Å²) in [5, 5.41) is 18.5. The van der Waals surface area contributed by atoms with Crippen molar-refractivity contribution in [3.8, 4) is 16.9 Å². The monoisotopic (exact) mass is 360 g/mol. The third-order valence-electron chi connectivity index (χ3n) is 3.82. The van der Waals surface area contributed by atoms with E-state index in [-0.39, 0.29) is 16.3 Å². The Balaban J connectivity index is 0.00000109. The minimum absolute atomic E-state index is 0.131. The van der Waals surface area contributed by atoms with E-state index in [1.165, 1.54) is 6.07 Å². The molecule has 2 aromatic carbocycles. The highest BCUT2D eigenvalue weighted by molar-refractivity contribution is 7.89. The van der Waals surface area contributed by atoms with Gasteiger partial charge in [-0.3, -0.25) is 5.41 Å². The van der Waals surface area contributed by atoms with Crippen molar-refractivity contribution < 1.29 is 13.2 Å². The molecule has 132 valence electrons. The Kier molecular flexibility index (Phi) is 5.55. The lowest BCUT2D eigenvalue weighted by molar-refractivity contribution is 0.288. The number of sulfonamides is 1. The molecular weight excluding hydrogens is 340 g/mol. The number of hydrogen-bond donors (Lipinski definition) is 4. The van der Waals surface area contributed by atoms with Crippen molar-refractivity contribution in [2.45, 2.75) is 17.7 Å². The summed E-state index contributed by atoms with van der Waals surface area (Å²) in [6.07, 6.45) is 1.83. The zero-order valence-corrected chi connectivity index (χ0v) is 14.4. The van der Waals surface area contributed by atoms with Crippen LogP contribution in [-0.4, -0.2) is 27.6 Å². The summed E-state index contributed by atoms with van der Waals surface area (Å²) >= 11 is 0. The number of hydrogen-bond acceptors (Lipinski definition) is 5. The summed E-state index contributed by atoms with van der Waals surface area (Å²) in [5.74, 6) is 0.505. The molecule has 0 aliphatic carbocycles. The van der Waals surface area contributed by atoms with Gasteiger partial charge in [-0.15, -0.1) is 0 Å². The van der Waals surface area contributed by atoms with E-state index in [1.54, 1.807) is 12.1 Å². The van der Waals surface area contributed by atoms with Gasteiger partial charge in [-0.2, -0.15) is 0 Å². The van der Waals surface area contributed by atoms with E-state index in [9.17, 15) is 8.42 Å². The van der Waals surface area contributed by atoms with Crippen LogP contribution in [0.5, 0.6) is 5.75 Å². The second-order valence-electron chi connectivity index (χ2n) is 5.41. The lowest BCUT2D eigenvalue weighted by atomic mass is 9.95. The summed E-state index contributed by atoms with van der Waals surface area (Å²) in [7, 11) is -3.97. The molecule has 0 aromatic heterocycles. The number of primary sulfonamides is 1. The van der Waals surface area contributed by atoms with E-state index in [2.05, 4.69) is 6.72 Å². The summed E-state index contributed by atoms with van der Waals surface area (Å²) in [4.78, 5) is -0.142. The SMILES string of the molecule is C=N.N=C(N)c1c(-c2ccc3c(c2)CCCO3)cccc1S(N)(=O)=O. The molecule has 7 nitrogen and oxygen atoms in total. The van der Waals surface area contributed by atoms with Crippen LogP contribution in [-0.2, 0) is 16.4 Å². The second-order valence-corrected chi connectivity index (χ2v) is 6.94. The first-order chi connectivity index (χ1) is 11.9. The topological polar surface area (TPSA) is 143 Å². The number of nitrogen functional groups attached to an aromatic ring is 1. The second kappa shape index (κ2) is 7.45. The van der Waals surface area contributed by atoms with Gasteiger partial charge in [-0.05, 0) is 54.4 Å². The van der Waals surface area contributed by atoms with Crippen LogP contribution in [0.25, 0.3) is 11.1 Å². The Morgan fingerprint density at radius 1 is 1.20 bits per heavy atom. The average molecular weight is 360 g/mol. The van der Waals surface area contributed by atoms with Crippen molar-refractivity contribution >= 4 is 22.6 Å². The van der Waals surface area contributed by atoms with Crippen LogP contribution in [0.2, 0.25) is 0 Å². The standard InChI is InChI=1S/C16H17N3O3S.CH3N/c17-16(18)15-12(4-1-5-14(15)23(19,20)21)10-6-7-13-11(9-10)3-2-8-22-13;1-2/h1,4-7,9H,2-3,8H2,(H3,17,18)(H2,19,20,21);2H,1H2. The molecule has 1 aliphatic heterocycles. The number of benzene rings is 2. The fourth-order valence-corrected chi connectivity index (χ4v) is 3.59. The van der Waals surface area contributed by atoms with Crippen molar-refractivity contribution in [3.05, 3.63) is 47.5 Å². The molecule has 3 rings (SSSR count). The lowest BCUT2D eigenvalue weighted by Gasteiger charge is -2.19. The van der Waals surface area contributed by atoms with Crippen LogP contribution in [0.15, 0.2) is 41.3 Å². The Labute approximate surface area is 146 Å². The molecule has 0 radical (unpaired) electrons. The summed E-state index contributed by atoms with van der Waals surface area (Å²) in [6, 6.07) is 10.3. The lowest BCUT2D eigenvalue weighted by Crippen LogP contribution is -2.21. The van der Waals surface area contributed by atoms with Crippen LogP contribution in [0.4, 0.5) is 0 Å². The van der Waals surface area contributed by atoms with E-state index >= 15 is 0 Å². The van der Waals surface area contributed by atoms with Gasteiger partial charge in [0.05, 0.1) is 11.5 Å². The Morgan fingerprint density at radius 3 is 2.56 bits per heavy atom. The average Bonchev–Trinajstić information content (AvgIpc) is 2.61. The number of ether oxygens (including phenoxy) is 1. The summed E-state index contributed by atoms with van der Waals surface area (Å²) in [5.41, 5.74) is 8.17. The molecule has 0 spiro atoms. The van der Waals surface area contributed by atoms with Gasteiger partial charge in [-0.25, -0.2) is 13.6 Å². The zero-order valence-electron chi connectivity index (χ0n) is 13.6. The zero-order chi connectivity index (χ0) is 18.6. The normalized spacial score (nSPS) is 13.0. The molecule has 25 heavy (non-hydrogen) atoms. The number of nitrogens with one attached hydrogen (secondary N) is 2. The third kappa shape index (κ3) is 3.86. The molecule has 0 fully saturated rings. The molecule has 6 N–H and O–H groups in total.